The highest BCUT2D eigenvalue weighted by atomic mass is 19.1. The van der Waals surface area contributed by atoms with E-state index in [1.165, 1.54) is 6.07 Å². The van der Waals surface area contributed by atoms with E-state index in [2.05, 4.69) is 26.3 Å². The summed E-state index contributed by atoms with van der Waals surface area (Å²) in [4.78, 5) is 11.8. The largest absolute Gasteiger partial charge is 0.383 e. The molecule has 136 valence electrons. The van der Waals surface area contributed by atoms with E-state index in [0.29, 0.717) is 23.9 Å². The molecule has 0 radical (unpaired) electrons. The van der Waals surface area contributed by atoms with Crippen LogP contribution < -0.4 is 11.1 Å². The first-order valence-corrected chi connectivity index (χ1v) is 8.72. The average Bonchev–Trinajstić information content (AvgIpc) is 2.99. The van der Waals surface area contributed by atoms with Crippen LogP contribution in [0.25, 0.3) is 22.2 Å². The Kier molecular flexibility index (Phi) is 4.24. The number of H-pyrrole nitrogens is 1. The van der Waals surface area contributed by atoms with Crippen molar-refractivity contribution in [2.45, 2.75) is 20.4 Å². The zero-order valence-corrected chi connectivity index (χ0v) is 15.2. The Morgan fingerprint density at radius 3 is 2.74 bits per heavy atom. The molecule has 0 aliphatic rings. The molecule has 4 rings (SSSR count). The number of fused-ring (bicyclic) bond motifs is 1. The molecule has 0 atom stereocenters. The number of nitrogen functional groups attached to an aromatic ring is 1. The van der Waals surface area contributed by atoms with Gasteiger partial charge in [0.1, 0.15) is 11.6 Å². The molecule has 0 amide bonds. The summed E-state index contributed by atoms with van der Waals surface area (Å²) in [6.45, 7) is 4.44. The normalized spacial score (nSPS) is 11.1. The summed E-state index contributed by atoms with van der Waals surface area (Å²) in [5.74, 6) is 0.734. The summed E-state index contributed by atoms with van der Waals surface area (Å²) in [6, 6.07) is 12.9. The van der Waals surface area contributed by atoms with E-state index in [0.717, 1.165) is 33.3 Å². The van der Waals surface area contributed by atoms with Gasteiger partial charge in [-0.25, -0.2) is 9.37 Å². The third-order valence-corrected chi connectivity index (χ3v) is 4.73. The van der Waals surface area contributed by atoms with Gasteiger partial charge in [-0.3, -0.25) is 0 Å². The van der Waals surface area contributed by atoms with Crippen LogP contribution in [0.3, 0.4) is 0 Å². The lowest BCUT2D eigenvalue weighted by Crippen LogP contribution is -2.06. The van der Waals surface area contributed by atoms with Gasteiger partial charge in [0.05, 0.1) is 5.69 Å². The van der Waals surface area contributed by atoms with Gasteiger partial charge in [0.15, 0.2) is 0 Å². The van der Waals surface area contributed by atoms with Crippen LogP contribution in [0.15, 0.2) is 48.7 Å². The molecule has 4 aromatic rings. The molecular formula is C21H20FN5. The molecule has 0 spiro atoms. The van der Waals surface area contributed by atoms with Gasteiger partial charge >= 0.3 is 0 Å². The van der Waals surface area contributed by atoms with Gasteiger partial charge in [0.2, 0.25) is 5.95 Å². The first-order valence-electron chi connectivity index (χ1n) is 8.72. The van der Waals surface area contributed by atoms with E-state index in [1.807, 2.05) is 32.0 Å². The Morgan fingerprint density at radius 1 is 1.15 bits per heavy atom. The van der Waals surface area contributed by atoms with Gasteiger partial charge in [-0.05, 0) is 49.2 Å². The van der Waals surface area contributed by atoms with E-state index < -0.39 is 0 Å². The highest BCUT2D eigenvalue weighted by molar-refractivity contribution is 5.91. The molecule has 5 nitrogen and oxygen atoms in total. The number of benzene rings is 2. The average molecular weight is 361 g/mol. The van der Waals surface area contributed by atoms with Crippen LogP contribution in [0, 0.1) is 19.7 Å². The standard InChI is InChI=1S/C21H20FN5/c1-12-10-24-21(27-20(12)23)25-11-14-7-8-18-16(9-14)13(2)19(26-18)15-5-3-4-6-17(15)22/h3-10,26H,11H2,1-2H3,(H3,23,24,25,27). The Morgan fingerprint density at radius 2 is 1.96 bits per heavy atom. The predicted molar refractivity (Wildman–Crippen MR) is 107 cm³/mol. The second-order valence-corrected chi connectivity index (χ2v) is 6.60. The van der Waals surface area contributed by atoms with E-state index in [9.17, 15) is 4.39 Å². The first-order chi connectivity index (χ1) is 13.0. The lowest BCUT2D eigenvalue weighted by Gasteiger charge is -2.07. The fraction of sp³-hybridized carbons (Fsp3) is 0.143. The summed E-state index contributed by atoms with van der Waals surface area (Å²) < 4.78 is 14.2. The summed E-state index contributed by atoms with van der Waals surface area (Å²) >= 11 is 0. The van der Waals surface area contributed by atoms with Crippen molar-refractivity contribution in [1.82, 2.24) is 15.0 Å². The Hall–Kier alpha value is -3.41. The molecule has 27 heavy (non-hydrogen) atoms. The van der Waals surface area contributed by atoms with Crippen LogP contribution in [0.4, 0.5) is 16.2 Å². The van der Waals surface area contributed by atoms with E-state index in [-0.39, 0.29) is 5.82 Å². The highest BCUT2D eigenvalue weighted by Crippen LogP contribution is 2.31. The predicted octanol–water partition coefficient (Wildman–Crippen LogP) is 4.58. The maximum Gasteiger partial charge on any atom is 0.224 e. The number of nitrogens with two attached hydrogens (primary N) is 1. The Balaban J connectivity index is 1.63. The minimum Gasteiger partial charge on any atom is -0.383 e. The molecule has 2 aromatic heterocycles. The van der Waals surface area contributed by atoms with Crippen LogP contribution in [0.1, 0.15) is 16.7 Å². The Bertz CT molecular complexity index is 1130. The van der Waals surface area contributed by atoms with Crippen molar-refractivity contribution >= 4 is 22.7 Å². The second-order valence-electron chi connectivity index (χ2n) is 6.60. The summed E-state index contributed by atoms with van der Waals surface area (Å²) in [5.41, 5.74) is 11.1. The molecule has 0 aliphatic carbocycles. The molecule has 2 aromatic carbocycles. The number of hydrogen-bond acceptors (Lipinski definition) is 4. The number of aryl methyl sites for hydroxylation is 2. The zero-order chi connectivity index (χ0) is 19.0. The SMILES string of the molecule is Cc1cnc(NCc2ccc3[nH]c(-c4ccccc4F)c(C)c3c2)nc1N. The minimum absolute atomic E-state index is 0.233. The summed E-state index contributed by atoms with van der Waals surface area (Å²) in [7, 11) is 0. The number of halogens is 1. The number of nitrogens with zero attached hydrogens (tertiary/aromatic N) is 2. The highest BCUT2D eigenvalue weighted by Gasteiger charge is 2.13. The molecule has 0 unspecified atom stereocenters. The van der Waals surface area contributed by atoms with Crippen LogP contribution in [0.2, 0.25) is 0 Å². The lowest BCUT2D eigenvalue weighted by molar-refractivity contribution is 0.631. The van der Waals surface area contributed by atoms with Crippen molar-refractivity contribution in [2.24, 2.45) is 0 Å². The monoisotopic (exact) mass is 361 g/mol. The van der Waals surface area contributed by atoms with Gasteiger partial charge in [0, 0.05) is 34.8 Å². The summed E-state index contributed by atoms with van der Waals surface area (Å²) in [6.07, 6.45) is 1.70. The van der Waals surface area contributed by atoms with Gasteiger partial charge < -0.3 is 16.0 Å². The molecular weight excluding hydrogens is 341 g/mol. The number of anilines is 2. The maximum absolute atomic E-state index is 14.2. The zero-order valence-electron chi connectivity index (χ0n) is 15.2. The van der Waals surface area contributed by atoms with Crippen molar-refractivity contribution < 1.29 is 4.39 Å². The van der Waals surface area contributed by atoms with Gasteiger partial charge in [0.25, 0.3) is 0 Å². The van der Waals surface area contributed by atoms with Crippen molar-refractivity contribution in [3.63, 3.8) is 0 Å². The number of hydrogen-bond donors (Lipinski definition) is 3. The molecule has 0 saturated heterocycles. The molecule has 0 fully saturated rings. The van der Waals surface area contributed by atoms with Crippen molar-refractivity contribution in [2.75, 3.05) is 11.1 Å². The molecule has 0 bridgehead atoms. The quantitative estimate of drug-likeness (QED) is 0.497. The molecule has 6 heteroatoms. The van der Waals surface area contributed by atoms with Gasteiger partial charge in [-0.2, -0.15) is 4.98 Å². The van der Waals surface area contributed by atoms with E-state index in [1.54, 1.807) is 18.3 Å². The fourth-order valence-electron chi connectivity index (χ4n) is 3.14. The van der Waals surface area contributed by atoms with Crippen LogP contribution in [-0.4, -0.2) is 15.0 Å². The van der Waals surface area contributed by atoms with Crippen LogP contribution in [-0.2, 0) is 6.54 Å². The third-order valence-electron chi connectivity index (χ3n) is 4.73. The Labute approximate surface area is 156 Å². The lowest BCUT2D eigenvalue weighted by atomic mass is 10.0. The maximum atomic E-state index is 14.2. The molecule has 0 saturated carbocycles. The van der Waals surface area contributed by atoms with Crippen LogP contribution >= 0.6 is 0 Å². The molecule has 2 heterocycles. The number of aromatic nitrogens is 3. The number of aromatic amines is 1. The van der Waals surface area contributed by atoms with Crippen molar-refractivity contribution in [3.8, 4) is 11.3 Å². The second kappa shape index (κ2) is 6.72. The van der Waals surface area contributed by atoms with Gasteiger partial charge in [-0.15, -0.1) is 0 Å². The first kappa shape index (κ1) is 17.0. The molecule has 0 aliphatic heterocycles. The van der Waals surface area contributed by atoms with Crippen molar-refractivity contribution in [3.05, 3.63) is 71.2 Å². The minimum atomic E-state index is -0.233. The van der Waals surface area contributed by atoms with Crippen LogP contribution in [0.5, 0.6) is 0 Å². The topological polar surface area (TPSA) is 79.6 Å². The summed E-state index contributed by atoms with van der Waals surface area (Å²) in [5, 5.41) is 4.25. The smallest absolute Gasteiger partial charge is 0.224 e. The number of rotatable bonds is 4. The van der Waals surface area contributed by atoms with Gasteiger partial charge in [-0.1, -0.05) is 18.2 Å². The fourth-order valence-corrected chi connectivity index (χ4v) is 3.14. The van der Waals surface area contributed by atoms with E-state index >= 15 is 0 Å². The molecule has 4 N–H and O–H groups in total. The van der Waals surface area contributed by atoms with E-state index in [4.69, 9.17) is 5.73 Å². The third kappa shape index (κ3) is 3.21. The number of nitrogens with one attached hydrogen (secondary N) is 2. The van der Waals surface area contributed by atoms with Crippen molar-refractivity contribution in [1.29, 1.82) is 0 Å².